The molecule has 0 unspecified atom stereocenters. The van der Waals surface area contributed by atoms with Crippen molar-refractivity contribution in [3.8, 4) is 0 Å². The molecule has 1 rings (SSSR count). The van der Waals surface area contributed by atoms with Gasteiger partial charge in [-0.25, -0.2) is 13.2 Å². The van der Waals surface area contributed by atoms with E-state index < -0.39 is 45.2 Å². The first-order valence-electron chi connectivity index (χ1n) is 5.93. The van der Waals surface area contributed by atoms with Crippen LogP contribution >= 0.6 is 0 Å². The van der Waals surface area contributed by atoms with Gasteiger partial charge < -0.3 is 15.2 Å². The Morgan fingerprint density at radius 1 is 1.32 bits per heavy atom. The third-order valence-corrected chi connectivity index (χ3v) is 4.40. The van der Waals surface area contributed by atoms with E-state index >= 15 is 0 Å². The summed E-state index contributed by atoms with van der Waals surface area (Å²) in [6.45, 7) is 5.06. The Kier molecular flexibility index (Phi) is 4.44. The molecule has 0 aromatic rings. The number of sulfone groups is 1. The minimum atomic E-state index is -3.35. The lowest BCUT2D eigenvalue weighted by Crippen LogP contribution is -2.51. The number of ether oxygens (including phenoxy) is 1. The van der Waals surface area contributed by atoms with E-state index in [0.29, 0.717) is 0 Å². The zero-order chi connectivity index (χ0) is 14.8. The lowest BCUT2D eigenvalue weighted by Gasteiger charge is -2.30. The zero-order valence-corrected chi connectivity index (χ0v) is 12.0. The highest BCUT2D eigenvalue weighted by Gasteiger charge is 2.39. The van der Waals surface area contributed by atoms with Crippen LogP contribution in [-0.2, 0) is 19.4 Å². The SMILES string of the molecule is CC(C)(C)OC(=O)N[C@@H]1CCS(=O)(=O)C[C@@H]1C(=O)O. The Morgan fingerprint density at radius 2 is 1.89 bits per heavy atom. The Bertz CT molecular complexity index is 464. The number of aliphatic carboxylic acids is 1. The first kappa shape index (κ1) is 15.7. The van der Waals surface area contributed by atoms with Gasteiger partial charge in [0.15, 0.2) is 9.84 Å². The lowest BCUT2D eigenvalue weighted by molar-refractivity contribution is -0.142. The van der Waals surface area contributed by atoms with Crippen molar-refractivity contribution in [1.82, 2.24) is 5.32 Å². The van der Waals surface area contributed by atoms with E-state index in [2.05, 4.69) is 5.32 Å². The molecule has 1 aliphatic rings. The molecule has 1 saturated heterocycles. The van der Waals surface area contributed by atoms with Crippen LogP contribution in [0.5, 0.6) is 0 Å². The van der Waals surface area contributed by atoms with Crippen LogP contribution in [-0.4, -0.2) is 48.7 Å². The third-order valence-electron chi connectivity index (χ3n) is 2.68. The molecule has 1 amide bonds. The Labute approximate surface area is 112 Å². The Morgan fingerprint density at radius 3 is 2.37 bits per heavy atom. The van der Waals surface area contributed by atoms with Crippen molar-refractivity contribution in [2.24, 2.45) is 5.92 Å². The number of hydrogen-bond acceptors (Lipinski definition) is 5. The van der Waals surface area contributed by atoms with Crippen LogP contribution in [0.4, 0.5) is 4.79 Å². The van der Waals surface area contributed by atoms with E-state index in [1.165, 1.54) is 0 Å². The van der Waals surface area contributed by atoms with Crippen LogP contribution < -0.4 is 5.32 Å². The smallest absolute Gasteiger partial charge is 0.407 e. The van der Waals surface area contributed by atoms with Gasteiger partial charge in [0.2, 0.25) is 0 Å². The fourth-order valence-corrected chi connectivity index (χ4v) is 3.56. The van der Waals surface area contributed by atoms with Crippen molar-refractivity contribution in [2.75, 3.05) is 11.5 Å². The standard InChI is InChI=1S/C11H19NO6S/c1-11(2,3)18-10(15)12-8-4-5-19(16,17)6-7(8)9(13)14/h7-8H,4-6H2,1-3H3,(H,12,15)(H,13,14)/t7-,8+/m0/s1. The maximum Gasteiger partial charge on any atom is 0.407 e. The summed E-state index contributed by atoms with van der Waals surface area (Å²) in [6.07, 6.45) is -0.651. The molecule has 0 saturated carbocycles. The van der Waals surface area contributed by atoms with Gasteiger partial charge in [-0.05, 0) is 27.2 Å². The molecule has 1 aliphatic heterocycles. The predicted octanol–water partition coefficient (Wildman–Crippen LogP) is 0.399. The molecule has 110 valence electrons. The third kappa shape index (κ3) is 5.06. The molecular weight excluding hydrogens is 274 g/mol. The summed E-state index contributed by atoms with van der Waals surface area (Å²) in [5, 5.41) is 11.5. The summed E-state index contributed by atoms with van der Waals surface area (Å²) in [7, 11) is -3.35. The highest BCUT2D eigenvalue weighted by molar-refractivity contribution is 7.91. The number of alkyl carbamates (subject to hydrolysis) is 1. The van der Waals surface area contributed by atoms with E-state index in [0.717, 1.165) is 0 Å². The van der Waals surface area contributed by atoms with Crippen LogP contribution in [0.1, 0.15) is 27.2 Å². The number of hydrogen-bond donors (Lipinski definition) is 2. The average Bonchev–Trinajstić information content (AvgIpc) is 2.17. The molecule has 1 heterocycles. The topological polar surface area (TPSA) is 110 Å². The van der Waals surface area contributed by atoms with Crippen molar-refractivity contribution in [2.45, 2.75) is 38.8 Å². The quantitative estimate of drug-likeness (QED) is 0.762. The Hall–Kier alpha value is -1.31. The van der Waals surface area contributed by atoms with Crippen LogP contribution in [0.25, 0.3) is 0 Å². The molecule has 19 heavy (non-hydrogen) atoms. The van der Waals surface area contributed by atoms with Crippen molar-refractivity contribution in [3.63, 3.8) is 0 Å². The highest BCUT2D eigenvalue weighted by atomic mass is 32.2. The number of nitrogens with one attached hydrogen (secondary N) is 1. The zero-order valence-electron chi connectivity index (χ0n) is 11.2. The van der Waals surface area contributed by atoms with Crippen LogP contribution in [0.15, 0.2) is 0 Å². The second kappa shape index (κ2) is 5.36. The van der Waals surface area contributed by atoms with E-state index in [1.807, 2.05) is 0 Å². The van der Waals surface area contributed by atoms with E-state index in [1.54, 1.807) is 20.8 Å². The van der Waals surface area contributed by atoms with Gasteiger partial charge in [0.05, 0.1) is 17.4 Å². The first-order chi connectivity index (χ1) is 8.50. The number of rotatable bonds is 2. The average molecular weight is 293 g/mol. The second-order valence-corrected chi connectivity index (χ2v) is 7.83. The van der Waals surface area contributed by atoms with E-state index in [9.17, 15) is 18.0 Å². The minimum absolute atomic E-state index is 0.0819. The molecule has 1 fully saturated rings. The number of carbonyl (C=O) groups excluding carboxylic acids is 1. The van der Waals surface area contributed by atoms with Crippen LogP contribution in [0, 0.1) is 5.92 Å². The fourth-order valence-electron chi connectivity index (χ4n) is 1.86. The summed E-state index contributed by atoms with van der Waals surface area (Å²) in [5.74, 6) is -2.95. The number of carboxylic acids is 1. The molecule has 0 aromatic carbocycles. The molecular formula is C11H19NO6S. The maximum atomic E-state index is 11.6. The van der Waals surface area contributed by atoms with Crippen molar-refractivity contribution < 1.29 is 27.9 Å². The number of carbonyl (C=O) groups is 2. The summed E-state index contributed by atoms with van der Waals surface area (Å²) in [5.41, 5.74) is -0.691. The molecule has 2 atom stereocenters. The monoisotopic (exact) mass is 293 g/mol. The lowest BCUT2D eigenvalue weighted by atomic mass is 9.99. The highest BCUT2D eigenvalue weighted by Crippen LogP contribution is 2.20. The van der Waals surface area contributed by atoms with Gasteiger partial charge in [-0.3, -0.25) is 4.79 Å². The van der Waals surface area contributed by atoms with Gasteiger partial charge in [0.1, 0.15) is 5.60 Å². The second-order valence-electron chi connectivity index (χ2n) is 5.60. The normalized spacial score (nSPS) is 26.5. The van der Waals surface area contributed by atoms with Crippen molar-refractivity contribution >= 4 is 21.9 Å². The molecule has 0 aromatic heterocycles. The molecule has 0 aliphatic carbocycles. The molecule has 2 N–H and O–H groups in total. The first-order valence-corrected chi connectivity index (χ1v) is 7.75. The van der Waals surface area contributed by atoms with E-state index in [4.69, 9.17) is 9.84 Å². The van der Waals surface area contributed by atoms with Crippen molar-refractivity contribution in [3.05, 3.63) is 0 Å². The molecule has 0 bridgehead atoms. The number of carboxylic acid groups (broad SMARTS) is 1. The number of amides is 1. The molecule has 0 spiro atoms. The van der Waals surface area contributed by atoms with Crippen LogP contribution in [0.3, 0.4) is 0 Å². The van der Waals surface area contributed by atoms with Crippen LogP contribution in [0.2, 0.25) is 0 Å². The molecule has 8 heteroatoms. The van der Waals surface area contributed by atoms with E-state index in [-0.39, 0.29) is 12.2 Å². The van der Waals surface area contributed by atoms with Gasteiger partial charge in [-0.2, -0.15) is 0 Å². The summed E-state index contributed by atoms with van der Waals surface area (Å²) >= 11 is 0. The fraction of sp³-hybridized carbons (Fsp3) is 0.818. The van der Waals surface area contributed by atoms with Crippen molar-refractivity contribution in [1.29, 1.82) is 0 Å². The van der Waals surface area contributed by atoms with Gasteiger partial charge >= 0.3 is 12.1 Å². The van der Waals surface area contributed by atoms with Gasteiger partial charge in [-0.1, -0.05) is 0 Å². The summed E-state index contributed by atoms with van der Waals surface area (Å²) in [6, 6.07) is -0.726. The molecule has 7 nitrogen and oxygen atoms in total. The largest absolute Gasteiger partial charge is 0.481 e. The Balaban J connectivity index is 2.71. The minimum Gasteiger partial charge on any atom is -0.481 e. The molecule has 0 radical (unpaired) electrons. The van der Waals surface area contributed by atoms with Gasteiger partial charge in [0, 0.05) is 6.04 Å². The predicted molar refractivity (Wildman–Crippen MR) is 67.6 cm³/mol. The summed E-state index contributed by atoms with van der Waals surface area (Å²) < 4.78 is 27.9. The van der Waals surface area contributed by atoms with Gasteiger partial charge in [-0.15, -0.1) is 0 Å². The maximum absolute atomic E-state index is 11.6. The van der Waals surface area contributed by atoms with Gasteiger partial charge in [0.25, 0.3) is 0 Å². The summed E-state index contributed by atoms with van der Waals surface area (Å²) in [4.78, 5) is 22.6.